The van der Waals surface area contributed by atoms with E-state index in [0.29, 0.717) is 24.4 Å². The number of rotatable bonds is 3. The van der Waals surface area contributed by atoms with Crippen LogP contribution in [0.2, 0.25) is 0 Å². The molecule has 0 bridgehead atoms. The number of halogens is 1. The van der Waals surface area contributed by atoms with Crippen LogP contribution in [0.15, 0.2) is 41.2 Å². The molecule has 26 heavy (non-hydrogen) atoms. The topological polar surface area (TPSA) is 70.5 Å². The first-order valence-electron chi connectivity index (χ1n) is 8.61. The number of H-pyrrole nitrogens is 1. The third kappa shape index (κ3) is 3.12. The normalized spacial score (nSPS) is 17.2. The number of fused-ring (bicyclic) bond motifs is 1. The molecule has 7 heteroatoms. The molecule has 4 rings (SSSR count). The van der Waals surface area contributed by atoms with Crippen LogP contribution in [0.1, 0.15) is 29.3 Å². The number of aromatic nitrogens is 3. The maximum absolute atomic E-state index is 13.0. The second-order valence-corrected chi connectivity index (χ2v) is 6.77. The third-order valence-electron chi connectivity index (χ3n) is 4.85. The molecule has 1 N–H and O–H groups in total. The highest BCUT2D eigenvalue weighted by molar-refractivity contribution is 5.79. The van der Waals surface area contributed by atoms with E-state index >= 15 is 0 Å². The Labute approximate surface area is 149 Å². The van der Waals surface area contributed by atoms with Crippen molar-refractivity contribution < 1.29 is 9.18 Å². The molecule has 134 valence electrons. The fraction of sp³-hybridized carbons (Fsp3) is 0.316. The van der Waals surface area contributed by atoms with Gasteiger partial charge in [-0.2, -0.15) is 0 Å². The van der Waals surface area contributed by atoms with Gasteiger partial charge in [-0.25, -0.2) is 13.9 Å². The Morgan fingerprint density at radius 3 is 2.85 bits per heavy atom. The number of aryl methyl sites for hydroxylation is 1. The van der Waals surface area contributed by atoms with Crippen LogP contribution in [0.5, 0.6) is 0 Å². The highest BCUT2D eigenvalue weighted by atomic mass is 19.1. The number of likely N-dealkylation sites (tertiary alicyclic amines) is 1. The minimum atomic E-state index is -0.305. The van der Waals surface area contributed by atoms with Crippen molar-refractivity contribution in [3.63, 3.8) is 0 Å². The van der Waals surface area contributed by atoms with Gasteiger partial charge in [0, 0.05) is 42.5 Å². The summed E-state index contributed by atoms with van der Waals surface area (Å²) in [4.78, 5) is 30.7. The van der Waals surface area contributed by atoms with Gasteiger partial charge in [0.1, 0.15) is 5.82 Å². The van der Waals surface area contributed by atoms with Crippen LogP contribution in [0.4, 0.5) is 4.39 Å². The Morgan fingerprint density at radius 2 is 2.08 bits per heavy atom. The minimum Gasteiger partial charge on any atom is -0.342 e. The van der Waals surface area contributed by atoms with Gasteiger partial charge in [-0.3, -0.25) is 14.7 Å². The molecule has 1 aromatic carbocycles. The molecular formula is C19H19FN4O2. The van der Waals surface area contributed by atoms with Crippen molar-refractivity contribution in [2.24, 2.45) is 0 Å². The van der Waals surface area contributed by atoms with Gasteiger partial charge in [0.2, 0.25) is 5.91 Å². The van der Waals surface area contributed by atoms with E-state index in [-0.39, 0.29) is 29.6 Å². The van der Waals surface area contributed by atoms with Gasteiger partial charge >= 0.3 is 0 Å². The van der Waals surface area contributed by atoms with E-state index in [1.54, 1.807) is 19.1 Å². The number of carbonyl (C=O) groups is 1. The average molecular weight is 354 g/mol. The minimum absolute atomic E-state index is 0.0290. The molecule has 1 aliphatic rings. The fourth-order valence-corrected chi connectivity index (χ4v) is 3.47. The Kier molecular flexibility index (Phi) is 4.06. The summed E-state index contributed by atoms with van der Waals surface area (Å²) in [5.41, 5.74) is 2.86. The largest absolute Gasteiger partial charge is 0.342 e. The lowest BCUT2D eigenvalue weighted by molar-refractivity contribution is -0.129. The molecule has 0 saturated carbocycles. The maximum Gasteiger partial charge on any atom is 0.272 e. The zero-order valence-corrected chi connectivity index (χ0v) is 14.4. The number of hydrogen-bond donors (Lipinski definition) is 1. The Hall–Kier alpha value is -2.96. The smallest absolute Gasteiger partial charge is 0.272 e. The quantitative estimate of drug-likeness (QED) is 0.782. The summed E-state index contributed by atoms with van der Waals surface area (Å²) < 4.78 is 14.4. The zero-order chi connectivity index (χ0) is 18.3. The summed E-state index contributed by atoms with van der Waals surface area (Å²) in [5, 5.41) is 3.11. The number of benzene rings is 1. The second kappa shape index (κ2) is 6.40. The lowest BCUT2D eigenvalue weighted by Gasteiger charge is -2.16. The van der Waals surface area contributed by atoms with Crippen LogP contribution in [0.25, 0.3) is 5.65 Å². The van der Waals surface area contributed by atoms with Crippen LogP contribution < -0.4 is 5.56 Å². The molecule has 3 heterocycles. The molecule has 1 atom stereocenters. The first-order valence-corrected chi connectivity index (χ1v) is 8.61. The molecule has 0 unspecified atom stereocenters. The lowest BCUT2D eigenvalue weighted by Crippen LogP contribution is -2.29. The van der Waals surface area contributed by atoms with E-state index in [0.717, 1.165) is 17.7 Å². The molecule has 1 saturated heterocycles. The highest BCUT2D eigenvalue weighted by Crippen LogP contribution is 2.27. The van der Waals surface area contributed by atoms with Crippen molar-refractivity contribution in [1.82, 2.24) is 19.5 Å². The van der Waals surface area contributed by atoms with Crippen LogP contribution in [0, 0.1) is 12.7 Å². The highest BCUT2D eigenvalue weighted by Gasteiger charge is 2.28. The van der Waals surface area contributed by atoms with E-state index in [1.165, 1.54) is 22.7 Å². The summed E-state index contributed by atoms with van der Waals surface area (Å²) in [6, 6.07) is 9.38. The van der Waals surface area contributed by atoms with Crippen molar-refractivity contribution in [3.8, 4) is 0 Å². The van der Waals surface area contributed by atoms with Crippen LogP contribution >= 0.6 is 0 Å². The summed E-state index contributed by atoms with van der Waals surface area (Å²) in [6.45, 7) is 3.06. The van der Waals surface area contributed by atoms with E-state index in [9.17, 15) is 14.0 Å². The first kappa shape index (κ1) is 16.5. The molecule has 6 nitrogen and oxygen atoms in total. The summed E-state index contributed by atoms with van der Waals surface area (Å²) in [5.74, 6) is -0.129. The summed E-state index contributed by atoms with van der Waals surface area (Å²) in [6.07, 6.45) is 1.09. The lowest BCUT2D eigenvalue weighted by atomic mass is 10.1. The van der Waals surface area contributed by atoms with Crippen LogP contribution in [0.3, 0.4) is 0 Å². The van der Waals surface area contributed by atoms with Gasteiger partial charge in [0.05, 0.1) is 6.42 Å². The molecule has 0 radical (unpaired) electrons. The van der Waals surface area contributed by atoms with Crippen molar-refractivity contribution in [1.29, 1.82) is 0 Å². The van der Waals surface area contributed by atoms with Gasteiger partial charge in [-0.15, -0.1) is 0 Å². The number of carbonyl (C=O) groups excluding carboxylic acids is 1. The van der Waals surface area contributed by atoms with Crippen LogP contribution in [-0.2, 0) is 11.2 Å². The van der Waals surface area contributed by atoms with E-state index in [1.807, 2.05) is 11.0 Å². The van der Waals surface area contributed by atoms with Gasteiger partial charge in [0.25, 0.3) is 5.56 Å². The van der Waals surface area contributed by atoms with Crippen LogP contribution in [-0.4, -0.2) is 38.5 Å². The molecule has 1 fully saturated rings. The monoisotopic (exact) mass is 354 g/mol. The number of nitrogens with zero attached hydrogens (tertiary/aromatic N) is 3. The predicted molar refractivity (Wildman–Crippen MR) is 94.6 cm³/mol. The van der Waals surface area contributed by atoms with Gasteiger partial charge in [0.15, 0.2) is 5.65 Å². The molecule has 3 aromatic rings. The van der Waals surface area contributed by atoms with Crippen molar-refractivity contribution in [3.05, 3.63) is 69.5 Å². The van der Waals surface area contributed by atoms with Gasteiger partial charge in [-0.05, 0) is 31.0 Å². The van der Waals surface area contributed by atoms with E-state index < -0.39 is 0 Å². The number of nitrogens with one attached hydrogen (secondary N) is 1. The predicted octanol–water partition coefficient (Wildman–Crippen LogP) is 2.03. The standard InChI is InChI=1S/C19H19FN4O2/c1-12-8-19(26)24-17(21-12)10-16(22-24)14-6-7-23(11-14)18(25)9-13-2-4-15(20)5-3-13/h2-5,8,10,14,22H,6-7,9,11H2,1H3/t14-/m1/s1. The summed E-state index contributed by atoms with van der Waals surface area (Å²) >= 11 is 0. The van der Waals surface area contributed by atoms with E-state index in [4.69, 9.17) is 0 Å². The molecule has 2 aromatic heterocycles. The van der Waals surface area contributed by atoms with Crippen molar-refractivity contribution in [2.45, 2.75) is 25.7 Å². The second-order valence-electron chi connectivity index (χ2n) is 6.77. The number of amides is 1. The summed E-state index contributed by atoms with van der Waals surface area (Å²) in [7, 11) is 0. The Morgan fingerprint density at radius 1 is 1.31 bits per heavy atom. The maximum atomic E-state index is 13.0. The van der Waals surface area contributed by atoms with E-state index in [2.05, 4.69) is 10.1 Å². The Bertz CT molecular complexity index is 1020. The van der Waals surface area contributed by atoms with Crippen molar-refractivity contribution >= 4 is 11.6 Å². The average Bonchev–Trinajstić information content (AvgIpc) is 3.23. The fourth-order valence-electron chi connectivity index (χ4n) is 3.47. The molecule has 0 spiro atoms. The number of aromatic amines is 1. The van der Waals surface area contributed by atoms with Crippen molar-refractivity contribution in [2.75, 3.05) is 13.1 Å². The van der Waals surface area contributed by atoms with Gasteiger partial charge in [-0.1, -0.05) is 12.1 Å². The number of hydrogen-bond acceptors (Lipinski definition) is 3. The zero-order valence-electron chi connectivity index (χ0n) is 14.4. The molecule has 0 aliphatic carbocycles. The SMILES string of the molecule is Cc1cc(=O)n2[nH]c([C@@H]3CCN(C(=O)Cc4ccc(F)cc4)C3)cc2n1. The molecule has 1 amide bonds. The third-order valence-corrected chi connectivity index (χ3v) is 4.85. The molecule has 1 aliphatic heterocycles. The Balaban J connectivity index is 1.48. The molecular weight excluding hydrogens is 335 g/mol. The first-order chi connectivity index (χ1) is 12.5. The van der Waals surface area contributed by atoms with Gasteiger partial charge < -0.3 is 4.90 Å².